The summed E-state index contributed by atoms with van der Waals surface area (Å²) in [6.45, 7) is 10.2. The number of methoxy groups -OCH3 is 1. The van der Waals surface area contributed by atoms with Crippen molar-refractivity contribution in [2.75, 3.05) is 7.11 Å². The first-order chi connectivity index (χ1) is 11.1. The van der Waals surface area contributed by atoms with E-state index in [1.807, 2.05) is 19.0 Å². The molecular formula is C16H33N5O2S. The number of ether oxygens (including phenoxy) is 1. The summed E-state index contributed by atoms with van der Waals surface area (Å²) in [5.41, 5.74) is 9.18. The van der Waals surface area contributed by atoms with Gasteiger partial charge in [-0.05, 0) is 60.3 Å². The molecule has 7 nitrogen and oxygen atoms in total. The molecule has 1 saturated carbocycles. The van der Waals surface area contributed by atoms with Crippen LogP contribution in [0, 0.1) is 0 Å². The minimum atomic E-state index is -0.469. The summed E-state index contributed by atoms with van der Waals surface area (Å²) in [6, 6.07) is 0. The summed E-state index contributed by atoms with van der Waals surface area (Å²) in [5, 5.41) is 5.39. The van der Waals surface area contributed by atoms with E-state index in [2.05, 4.69) is 42.5 Å². The zero-order chi connectivity index (χ0) is 18.0. The molecule has 2 fully saturated rings. The van der Waals surface area contributed by atoms with Crippen LogP contribution in [-0.4, -0.2) is 46.1 Å². The number of nitrogens with one attached hydrogen (secondary N) is 4. The minimum Gasteiger partial charge on any atom is -0.381 e. The molecule has 2 aliphatic rings. The molecule has 1 atom stereocenters. The molecule has 0 aromatic rings. The highest BCUT2D eigenvalue weighted by Crippen LogP contribution is 2.37. The largest absolute Gasteiger partial charge is 0.381 e. The van der Waals surface area contributed by atoms with Crippen molar-refractivity contribution in [2.45, 2.75) is 88.2 Å². The third kappa shape index (κ3) is 5.31. The van der Waals surface area contributed by atoms with Crippen LogP contribution in [0.2, 0.25) is 0 Å². The number of hydrazine groups is 3. The van der Waals surface area contributed by atoms with Gasteiger partial charge in [0.05, 0.1) is 10.9 Å². The Morgan fingerprint density at radius 3 is 2.29 bits per heavy atom. The lowest BCUT2D eigenvalue weighted by molar-refractivity contribution is -0.123. The number of carbonyl (C=O) groups is 1. The van der Waals surface area contributed by atoms with Crippen LogP contribution in [0.15, 0.2) is 0 Å². The monoisotopic (exact) mass is 359 g/mol. The fourth-order valence-electron chi connectivity index (χ4n) is 2.91. The lowest BCUT2D eigenvalue weighted by atomic mass is 9.97. The topological polar surface area (TPSA) is 77.7 Å². The second-order valence-electron chi connectivity index (χ2n) is 8.06. The Hall–Kier alpha value is -0.380. The zero-order valence-corrected chi connectivity index (χ0v) is 16.5. The van der Waals surface area contributed by atoms with Gasteiger partial charge in [0.2, 0.25) is 5.91 Å². The molecule has 1 amide bonds. The van der Waals surface area contributed by atoms with Gasteiger partial charge in [-0.25, -0.2) is 10.9 Å². The molecule has 1 aliphatic heterocycles. The lowest BCUT2D eigenvalue weighted by Gasteiger charge is -2.33. The first kappa shape index (κ1) is 19.9. The third-order valence-corrected chi connectivity index (χ3v) is 6.07. The molecule has 1 aliphatic carbocycles. The van der Waals surface area contributed by atoms with E-state index in [1.54, 1.807) is 18.9 Å². The second kappa shape index (κ2) is 7.88. The molecule has 1 heterocycles. The van der Waals surface area contributed by atoms with E-state index in [0.29, 0.717) is 11.4 Å². The second-order valence-corrected chi connectivity index (χ2v) is 9.98. The summed E-state index contributed by atoms with van der Waals surface area (Å²) >= 11 is 1.78. The van der Waals surface area contributed by atoms with Crippen molar-refractivity contribution in [3.05, 3.63) is 0 Å². The summed E-state index contributed by atoms with van der Waals surface area (Å²) in [6.07, 6.45) is 4.46. The normalized spacial score (nSPS) is 29.7. The molecule has 140 valence electrons. The van der Waals surface area contributed by atoms with E-state index in [-0.39, 0.29) is 17.7 Å². The average Bonchev–Trinajstić information content (AvgIpc) is 2.96. The maximum absolute atomic E-state index is 12.7. The molecule has 0 bridgehead atoms. The fraction of sp³-hybridized carbons (Fsp3) is 0.938. The van der Waals surface area contributed by atoms with E-state index in [1.165, 1.54) is 0 Å². The molecule has 24 heavy (non-hydrogen) atoms. The predicted octanol–water partition coefficient (Wildman–Crippen LogP) is 1.48. The van der Waals surface area contributed by atoms with E-state index in [0.717, 1.165) is 25.7 Å². The number of nitrogens with zero attached hydrogens (tertiary/aromatic N) is 1. The quantitative estimate of drug-likeness (QED) is 0.592. The molecule has 4 N–H and O–H groups in total. The van der Waals surface area contributed by atoms with Crippen molar-refractivity contribution in [3.63, 3.8) is 0 Å². The Labute approximate surface area is 149 Å². The molecule has 0 radical (unpaired) electrons. The van der Waals surface area contributed by atoms with Crippen molar-refractivity contribution in [1.82, 2.24) is 26.8 Å². The first-order valence-electron chi connectivity index (χ1n) is 8.71. The molecule has 1 saturated heterocycles. The van der Waals surface area contributed by atoms with Crippen molar-refractivity contribution in [3.8, 4) is 0 Å². The third-order valence-electron chi connectivity index (χ3n) is 4.49. The fourth-order valence-corrected chi connectivity index (χ4v) is 4.42. The molecule has 1 unspecified atom stereocenters. The van der Waals surface area contributed by atoms with Gasteiger partial charge in [-0.2, -0.15) is 10.7 Å². The van der Waals surface area contributed by atoms with E-state index in [9.17, 15) is 4.79 Å². The maximum Gasteiger partial charge on any atom is 0.237 e. The minimum absolute atomic E-state index is 0.0314. The van der Waals surface area contributed by atoms with E-state index in [4.69, 9.17) is 4.74 Å². The van der Waals surface area contributed by atoms with Gasteiger partial charge in [0, 0.05) is 17.9 Å². The molecule has 2 rings (SSSR count). The number of thioether (sulfide) groups is 1. The first-order valence-corrected chi connectivity index (χ1v) is 9.59. The maximum atomic E-state index is 12.7. The average molecular weight is 360 g/mol. The molecule has 0 spiro atoms. The van der Waals surface area contributed by atoms with Crippen LogP contribution >= 0.6 is 11.8 Å². The van der Waals surface area contributed by atoms with Crippen LogP contribution in [0.3, 0.4) is 0 Å². The van der Waals surface area contributed by atoms with Crippen molar-refractivity contribution >= 4 is 17.7 Å². The summed E-state index contributed by atoms with van der Waals surface area (Å²) in [7, 11) is 1.78. The lowest BCUT2D eigenvalue weighted by Crippen LogP contribution is -2.56. The SMILES string of the molecule is CO[C@H]1CC[C@@H](SC(C)(C)C(=O)NC2NNN(C(C)(C)C)N2)CC1. The Morgan fingerprint density at radius 2 is 1.79 bits per heavy atom. The number of amides is 1. The van der Waals surface area contributed by atoms with Crippen LogP contribution in [0.5, 0.6) is 0 Å². The Bertz CT molecular complexity index is 433. The van der Waals surface area contributed by atoms with Gasteiger partial charge in [-0.3, -0.25) is 4.79 Å². The van der Waals surface area contributed by atoms with Gasteiger partial charge in [0.1, 0.15) is 0 Å². The van der Waals surface area contributed by atoms with Crippen molar-refractivity contribution < 1.29 is 9.53 Å². The van der Waals surface area contributed by atoms with Gasteiger partial charge in [0.25, 0.3) is 0 Å². The highest BCUT2D eigenvalue weighted by Gasteiger charge is 2.37. The number of rotatable bonds is 5. The number of hydrogen-bond acceptors (Lipinski definition) is 7. The summed E-state index contributed by atoms with van der Waals surface area (Å²) < 4.78 is 4.96. The molecular weight excluding hydrogens is 326 g/mol. The van der Waals surface area contributed by atoms with Crippen LogP contribution < -0.4 is 21.7 Å². The van der Waals surface area contributed by atoms with Gasteiger partial charge in [0.15, 0.2) is 6.29 Å². The van der Waals surface area contributed by atoms with Crippen LogP contribution in [0.1, 0.15) is 60.3 Å². The number of carbonyl (C=O) groups excluding carboxylic acids is 1. The smallest absolute Gasteiger partial charge is 0.237 e. The summed E-state index contributed by atoms with van der Waals surface area (Å²) in [5.74, 6) is 0.0314. The van der Waals surface area contributed by atoms with Crippen LogP contribution in [0.25, 0.3) is 0 Å². The molecule has 0 aromatic carbocycles. The molecule has 0 aromatic heterocycles. The highest BCUT2D eigenvalue weighted by molar-refractivity contribution is 8.01. The van der Waals surface area contributed by atoms with Gasteiger partial charge < -0.3 is 10.1 Å². The van der Waals surface area contributed by atoms with Crippen LogP contribution in [-0.2, 0) is 9.53 Å². The number of hydrogen-bond donors (Lipinski definition) is 4. The standard InChI is InChI=1S/C16H33N5O2S/c1-15(2,3)21-19-14(18-20-21)17-13(22)16(4,5)24-12-9-7-11(23-6)8-10-12/h11-12,14,18-20H,7-10H2,1-6H3,(H,17,22)/t11-,12+,14?. The van der Waals surface area contributed by atoms with E-state index >= 15 is 0 Å². The molecule has 8 heteroatoms. The van der Waals surface area contributed by atoms with Gasteiger partial charge in [-0.1, -0.05) is 0 Å². The van der Waals surface area contributed by atoms with Gasteiger partial charge >= 0.3 is 0 Å². The Kier molecular flexibility index (Phi) is 6.55. The van der Waals surface area contributed by atoms with Crippen LogP contribution in [0.4, 0.5) is 0 Å². The summed E-state index contributed by atoms with van der Waals surface area (Å²) in [4.78, 5) is 12.7. The predicted molar refractivity (Wildman–Crippen MR) is 97.7 cm³/mol. The zero-order valence-electron chi connectivity index (χ0n) is 15.7. The highest BCUT2D eigenvalue weighted by atomic mass is 32.2. The van der Waals surface area contributed by atoms with Crippen molar-refractivity contribution in [1.29, 1.82) is 0 Å². The van der Waals surface area contributed by atoms with Crippen molar-refractivity contribution in [2.24, 2.45) is 0 Å². The Morgan fingerprint density at radius 1 is 1.17 bits per heavy atom. The van der Waals surface area contributed by atoms with E-state index < -0.39 is 4.75 Å². The Balaban J connectivity index is 1.81. The van der Waals surface area contributed by atoms with Gasteiger partial charge in [-0.15, -0.1) is 11.8 Å².